The van der Waals surface area contributed by atoms with Crippen molar-refractivity contribution in [2.45, 2.75) is 75.5 Å². The van der Waals surface area contributed by atoms with Gasteiger partial charge in [0.1, 0.15) is 27.9 Å². The van der Waals surface area contributed by atoms with E-state index in [1.807, 2.05) is 7.85 Å². The summed E-state index contributed by atoms with van der Waals surface area (Å²) in [6.45, 7) is 2.47. The van der Waals surface area contributed by atoms with Crippen LogP contribution in [0.2, 0.25) is 0 Å². The summed E-state index contributed by atoms with van der Waals surface area (Å²) in [6.07, 6.45) is 2.21. The van der Waals surface area contributed by atoms with E-state index in [1.165, 1.54) is 0 Å². The number of esters is 1. The summed E-state index contributed by atoms with van der Waals surface area (Å²) >= 11 is 0. The van der Waals surface area contributed by atoms with Gasteiger partial charge in [-0.25, -0.2) is 0 Å². The van der Waals surface area contributed by atoms with Crippen LogP contribution >= 0.6 is 0 Å². The number of hydrogen-bond donors (Lipinski definition) is 1. The lowest BCUT2D eigenvalue weighted by molar-refractivity contribution is -0.155. The smallest absolute Gasteiger partial charge is 0.306 e. The molecule has 2 fully saturated rings. The number of hydrogen-bond acceptors (Lipinski definition) is 6. The molecular weight excluding hydrogens is 324 g/mol. The molecule has 2 unspecified atom stereocenters. The number of amides is 1. The lowest BCUT2D eigenvalue weighted by Gasteiger charge is -2.23. The summed E-state index contributed by atoms with van der Waals surface area (Å²) in [4.78, 5) is 23.2. The fourth-order valence-corrected chi connectivity index (χ4v) is 3.43. The maximum absolute atomic E-state index is 12.0. The third-order valence-corrected chi connectivity index (χ3v) is 4.77. The van der Waals surface area contributed by atoms with Gasteiger partial charge >= 0.3 is 5.97 Å². The highest BCUT2D eigenvalue weighted by Gasteiger charge is 2.38. The second kappa shape index (κ2) is 9.59. The van der Waals surface area contributed by atoms with E-state index in [0.29, 0.717) is 13.0 Å². The van der Waals surface area contributed by atoms with E-state index in [0.717, 1.165) is 12.8 Å². The van der Waals surface area contributed by atoms with Gasteiger partial charge in [-0.1, -0.05) is 6.92 Å². The molecule has 0 aromatic carbocycles. The highest BCUT2D eigenvalue weighted by molar-refractivity contribution is 6.11. The zero-order valence-electron chi connectivity index (χ0n) is 15.7. The SMILES string of the molecule is B[C@H]1CC(OC[C@H]2O[C@@H](B)CC2OC(=O)CCC(=O)NC)[C@@H](CC)O1. The molecular formula is C16H29B2NO6. The first kappa shape index (κ1) is 20.3. The van der Waals surface area contributed by atoms with Crippen molar-refractivity contribution in [1.29, 1.82) is 0 Å². The fourth-order valence-electron chi connectivity index (χ4n) is 3.43. The molecule has 2 rings (SSSR count). The van der Waals surface area contributed by atoms with Gasteiger partial charge < -0.3 is 24.3 Å². The minimum absolute atomic E-state index is 0.0195. The Bertz CT molecular complexity index is 466. The Morgan fingerprint density at radius 1 is 1.08 bits per heavy atom. The third kappa shape index (κ3) is 6.01. The Morgan fingerprint density at radius 2 is 1.72 bits per heavy atom. The highest BCUT2D eigenvalue weighted by atomic mass is 16.6. The average Bonchev–Trinajstić information content (AvgIpc) is 3.12. The van der Waals surface area contributed by atoms with Crippen LogP contribution in [0.5, 0.6) is 0 Å². The molecule has 0 aromatic heterocycles. The minimum atomic E-state index is -0.374. The number of carbonyl (C=O) groups excluding carboxylic acids is 2. The van der Waals surface area contributed by atoms with Gasteiger partial charge in [-0.15, -0.1) is 0 Å². The van der Waals surface area contributed by atoms with Crippen LogP contribution in [0.1, 0.15) is 39.0 Å². The molecule has 6 atom stereocenters. The van der Waals surface area contributed by atoms with Crippen LogP contribution < -0.4 is 5.32 Å². The molecule has 7 nitrogen and oxygen atoms in total. The zero-order valence-corrected chi connectivity index (χ0v) is 15.7. The van der Waals surface area contributed by atoms with Gasteiger partial charge in [0.2, 0.25) is 5.91 Å². The maximum atomic E-state index is 12.0. The van der Waals surface area contributed by atoms with Crippen LogP contribution in [0.25, 0.3) is 0 Å². The van der Waals surface area contributed by atoms with Crippen molar-refractivity contribution in [2.24, 2.45) is 0 Å². The first-order valence-corrected chi connectivity index (χ1v) is 9.25. The molecule has 0 aromatic rings. The summed E-state index contributed by atoms with van der Waals surface area (Å²) in [5, 5.41) is 2.49. The van der Waals surface area contributed by atoms with Gasteiger partial charge in [0.25, 0.3) is 0 Å². The summed E-state index contributed by atoms with van der Waals surface area (Å²) in [7, 11) is 5.56. The zero-order chi connectivity index (χ0) is 18.4. The van der Waals surface area contributed by atoms with Crippen LogP contribution in [-0.4, -0.2) is 77.6 Å². The molecule has 0 bridgehead atoms. The summed E-state index contributed by atoms with van der Waals surface area (Å²) < 4.78 is 23.2. The highest BCUT2D eigenvalue weighted by Crippen LogP contribution is 2.27. The van der Waals surface area contributed by atoms with Crippen molar-refractivity contribution in [3.05, 3.63) is 0 Å². The van der Waals surface area contributed by atoms with E-state index in [4.69, 9.17) is 18.9 Å². The van der Waals surface area contributed by atoms with E-state index in [-0.39, 0.29) is 61.1 Å². The molecule has 9 heteroatoms. The Kier molecular flexibility index (Phi) is 7.78. The van der Waals surface area contributed by atoms with E-state index >= 15 is 0 Å². The second-order valence-electron chi connectivity index (χ2n) is 6.92. The van der Waals surface area contributed by atoms with Crippen LogP contribution in [0.4, 0.5) is 0 Å². The van der Waals surface area contributed by atoms with Crippen molar-refractivity contribution < 1.29 is 28.5 Å². The van der Waals surface area contributed by atoms with Crippen molar-refractivity contribution in [1.82, 2.24) is 5.32 Å². The van der Waals surface area contributed by atoms with Crippen molar-refractivity contribution in [3.8, 4) is 0 Å². The topological polar surface area (TPSA) is 83.1 Å². The molecule has 0 spiro atoms. The predicted octanol–water partition coefficient (Wildman–Crippen LogP) is -1.28. The van der Waals surface area contributed by atoms with Crippen LogP contribution in [0.3, 0.4) is 0 Å². The Balaban J connectivity index is 1.80. The molecule has 0 radical (unpaired) electrons. The molecule has 2 saturated heterocycles. The van der Waals surface area contributed by atoms with Crippen LogP contribution in [0.15, 0.2) is 0 Å². The van der Waals surface area contributed by atoms with E-state index in [2.05, 4.69) is 20.1 Å². The van der Waals surface area contributed by atoms with E-state index in [1.54, 1.807) is 7.05 Å². The van der Waals surface area contributed by atoms with Gasteiger partial charge in [-0.2, -0.15) is 0 Å². The van der Waals surface area contributed by atoms with Gasteiger partial charge in [-0.3, -0.25) is 9.59 Å². The number of carbonyl (C=O) groups is 2. The van der Waals surface area contributed by atoms with Crippen LogP contribution in [0, 0.1) is 0 Å². The van der Waals surface area contributed by atoms with Crippen molar-refractivity contribution >= 4 is 27.6 Å². The van der Waals surface area contributed by atoms with Crippen molar-refractivity contribution in [2.75, 3.05) is 13.7 Å². The Hall–Kier alpha value is -1.05. The van der Waals surface area contributed by atoms with Crippen LogP contribution in [-0.2, 0) is 28.5 Å². The van der Waals surface area contributed by atoms with Gasteiger partial charge in [0.05, 0.1) is 25.2 Å². The summed E-state index contributed by atoms with van der Waals surface area (Å²) in [5.41, 5.74) is 0. The summed E-state index contributed by atoms with van der Waals surface area (Å²) in [6, 6.07) is 0.225. The number of ether oxygens (including phenoxy) is 4. The molecule has 25 heavy (non-hydrogen) atoms. The lowest BCUT2D eigenvalue weighted by atomic mass is 9.95. The van der Waals surface area contributed by atoms with Gasteiger partial charge in [-0.05, 0) is 12.8 Å². The van der Waals surface area contributed by atoms with Gasteiger partial charge in [0.15, 0.2) is 0 Å². The maximum Gasteiger partial charge on any atom is 0.306 e. The quantitative estimate of drug-likeness (QED) is 0.432. The summed E-state index contributed by atoms with van der Waals surface area (Å²) in [5.74, 6) is -0.547. The fraction of sp³-hybridized carbons (Fsp3) is 0.875. The molecule has 1 amide bonds. The molecule has 2 heterocycles. The van der Waals surface area contributed by atoms with E-state index in [9.17, 15) is 9.59 Å². The molecule has 2 aliphatic heterocycles. The predicted molar refractivity (Wildman–Crippen MR) is 96.9 cm³/mol. The first-order chi connectivity index (χ1) is 11.9. The molecule has 140 valence electrons. The third-order valence-electron chi connectivity index (χ3n) is 4.77. The molecule has 1 N–H and O–H groups in total. The van der Waals surface area contributed by atoms with Gasteiger partial charge in [0, 0.05) is 31.9 Å². The Morgan fingerprint density at radius 3 is 2.36 bits per heavy atom. The average molecular weight is 353 g/mol. The largest absolute Gasteiger partial charge is 0.459 e. The standard InChI is InChI=1S/C16H29B2NO6/c1-3-9-10(6-13(17)23-9)22-8-12-11(7-14(18)24-12)25-16(21)5-4-15(20)19-2/h9-14H,3-8,17-18H2,1-2H3,(H,19,20)/t9-,10?,11?,12-,13-,14-/m1/s1. The minimum Gasteiger partial charge on any atom is -0.459 e. The number of nitrogens with one attached hydrogen (secondary N) is 1. The number of rotatable bonds is 8. The Labute approximate surface area is 151 Å². The lowest BCUT2D eigenvalue weighted by Crippen LogP contribution is -2.35. The van der Waals surface area contributed by atoms with Crippen molar-refractivity contribution in [3.63, 3.8) is 0 Å². The normalized spacial score (nSPS) is 34.8. The van der Waals surface area contributed by atoms with E-state index < -0.39 is 0 Å². The molecule has 0 saturated carbocycles. The second-order valence-corrected chi connectivity index (χ2v) is 6.92. The molecule has 0 aliphatic carbocycles. The molecule has 2 aliphatic rings. The first-order valence-electron chi connectivity index (χ1n) is 9.25. The monoisotopic (exact) mass is 353 g/mol.